The van der Waals surface area contributed by atoms with E-state index in [1.807, 2.05) is 18.2 Å². The molecule has 0 spiro atoms. The highest BCUT2D eigenvalue weighted by molar-refractivity contribution is 5.44. The SMILES string of the molecule is CCNc1cccc(NCCC2CC2)n1. The van der Waals surface area contributed by atoms with Crippen molar-refractivity contribution in [1.82, 2.24) is 4.98 Å². The number of aromatic nitrogens is 1. The Bertz CT molecular complexity index is 307. The highest BCUT2D eigenvalue weighted by Crippen LogP contribution is 2.32. The Morgan fingerprint density at radius 2 is 2.00 bits per heavy atom. The van der Waals surface area contributed by atoms with Crippen molar-refractivity contribution < 1.29 is 0 Å². The zero-order valence-electron chi connectivity index (χ0n) is 9.29. The second kappa shape index (κ2) is 5.01. The van der Waals surface area contributed by atoms with Crippen molar-refractivity contribution in [2.45, 2.75) is 26.2 Å². The molecule has 15 heavy (non-hydrogen) atoms. The molecular weight excluding hydrogens is 186 g/mol. The highest BCUT2D eigenvalue weighted by Gasteiger charge is 2.20. The molecule has 0 aromatic carbocycles. The van der Waals surface area contributed by atoms with E-state index in [0.29, 0.717) is 0 Å². The molecule has 0 amide bonds. The van der Waals surface area contributed by atoms with Crippen LogP contribution in [0.25, 0.3) is 0 Å². The molecule has 3 heteroatoms. The molecule has 0 unspecified atom stereocenters. The van der Waals surface area contributed by atoms with Crippen LogP contribution in [0.2, 0.25) is 0 Å². The summed E-state index contributed by atoms with van der Waals surface area (Å²) in [6.07, 6.45) is 4.13. The van der Waals surface area contributed by atoms with Crippen LogP contribution in [0.5, 0.6) is 0 Å². The molecular formula is C12H19N3. The Labute approximate surface area is 91.3 Å². The lowest BCUT2D eigenvalue weighted by Gasteiger charge is -2.07. The van der Waals surface area contributed by atoms with E-state index in [2.05, 4.69) is 22.5 Å². The zero-order chi connectivity index (χ0) is 10.5. The molecule has 2 N–H and O–H groups in total. The summed E-state index contributed by atoms with van der Waals surface area (Å²) in [5.74, 6) is 2.91. The van der Waals surface area contributed by atoms with Gasteiger partial charge in [-0.3, -0.25) is 0 Å². The maximum atomic E-state index is 4.46. The number of rotatable bonds is 6. The quantitative estimate of drug-likeness (QED) is 0.749. The van der Waals surface area contributed by atoms with Gasteiger partial charge < -0.3 is 10.6 Å². The predicted octanol–water partition coefficient (Wildman–Crippen LogP) is 2.73. The molecule has 3 nitrogen and oxygen atoms in total. The average molecular weight is 205 g/mol. The monoisotopic (exact) mass is 205 g/mol. The Hall–Kier alpha value is -1.25. The summed E-state index contributed by atoms with van der Waals surface area (Å²) < 4.78 is 0. The van der Waals surface area contributed by atoms with Gasteiger partial charge in [0.2, 0.25) is 0 Å². The standard InChI is InChI=1S/C12H19N3/c1-2-13-11-4-3-5-12(15-11)14-9-8-10-6-7-10/h3-5,10H,2,6-9H2,1H3,(H2,13,14,15). The number of nitrogens with zero attached hydrogens (tertiary/aromatic N) is 1. The molecule has 0 aliphatic heterocycles. The molecule has 1 heterocycles. The van der Waals surface area contributed by atoms with Crippen molar-refractivity contribution in [1.29, 1.82) is 0 Å². The van der Waals surface area contributed by atoms with E-state index in [0.717, 1.165) is 30.6 Å². The summed E-state index contributed by atoms with van der Waals surface area (Å²) in [5.41, 5.74) is 0. The summed E-state index contributed by atoms with van der Waals surface area (Å²) in [6, 6.07) is 6.05. The Morgan fingerprint density at radius 1 is 1.27 bits per heavy atom. The number of nitrogens with one attached hydrogen (secondary N) is 2. The molecule has 0 radical (unpaired) electrons. The highest BCUT2D eigenvalue weighted by atomic mass is 15.1. The summed E-state index contributed by atoms with van der Waals surface area (Å²) in [7, 11) is 0. The van der Waals surface area contributed by atoms with Crippen LogP contribution in [0.3, 0.4) is 0 Å². The molecule has 1 saturated carbocycles. The van der Waals surface area contributed by atoms with Gasteiger partial charge >= 0.3 is 0 Å². The first-order chi connectivity index (χ1) is 7.38. The number of hydrogen-bond acceptors (Lipinski definition) is 3. The van der Waals surface area contributed by atoms with E-state index in [-0.39, 0.29) is 0 Å². The first-order valence-corrected chi connectivity index (χ1v) is 5.83. The average Bonchev–Trinajstić information content (AvgIpc) is 3.03. The van der Waals surface area contributed by atoms with E-state index in [1.165, 1.54) is 19.3 Å². The molecule has 0 bridgehead atoms. The van der Waals surface area contributed by atoms with Crippen LogP contribution >= 0.6 is 0 Å². The minimum atomic E-state index is 0.915. The van der Waals surface area contributed by atoms with Crippen molar-refractivity contribution in [2.75, 3.05) is 23.7 Å². The van der Waals surface area contributed by atoms with Crippen LogP contribution < -0.4 is 10.6 Å². The van der Waals surface area contributed by atoms with Gasteiger partial charge in [0.15, 0.2) is 0 Å². The fourth-order valence-corrected chi connectivity index (χ4v) is 1.62. The van der Waals surface area contributed by atoms with Gasteiger partial charge in [0, 0.05) is 13.1 Å². The Balaban J connectivity index is 1.80. The van der Waals surface area contributed by atoms with Crippen LogP contribution in [0.1, 0.15) is 26.2 Å². The Kier molecular flexibility index (Phi) is 3.43. The van der Waals surface area contributed by atoms with Crippen molar-refractivity contribution in [3.05, 3.63) is 18.2 Å². The lowest BCUT2D eigenvalue weighted by Crippen LogP contribution is -2.06. The molecule has 82 valence electrons. The van der Waals surface area contributed by atoms with Crippen molar-refractivity contribution in [3.8, 4) is 0 Å². The maximum Gasteiger partial charge on any atom is 0.128 e. The topological polar surface area (TPSA) is 37.0 Å². The first kappa shape index (κ1) is 10.3. The van der Waals surface area contributed by atoms with Crippen LogP contribution in [0.4, 0.5) is 11.6 Å². The first-order valence-electron chi connectivity index (χ1n) is 5.83. The smallest absolute Gasteiger partial charge is 0.128 e. The van der Waals surface area contributed by atoms with Crippen LogP contribution in [-0.2, 0) is 0 Å². The normalized spacial score (nSPS) is 15.0. The lowest BCUT2D eigenvalue weighted by molar-refractivity contribution is 0.758. The van der Waals surface area contributed by atoms with E-state index in [4.69, 9.17) is 0 Å². The van der Waals surface area contributed by atoms with Gasteiger partial charge in [-0.1, -0.05) is 18.9 Å². The molecule has 1 aliphatic carbocycles. The minimum Gasteiger partial charge on any atom is -0.370 e. The van der Waals surface area contributed by atoms with Gasteiger partial charge in [-0.05, 0) is 31.4 Å². The molecule has 0 atom stereocenters. The van der Waals surface area contributed by atoms with E-state index >= 15 is 0 Å². The number of hydrogen-bond donors (Lipinski definition) is 2. The fourth-order valence-electron chi connectivity index (χ4n) is 1.62. The van der Waals surface area contributed by atoms with E-state index < -0.39 is 0 Å². The Morgan fingerprint density at radius 3 is 2.67 bits per heavy atom. The van der Waals surface area contributed by atoms with Gasteiger partial charge in [-0.2, -0.15) is 0 Å². The van der Waals surface area contributed by atoms with Crippen LogP contribution in [-0.4, -0.2) is 18.1 Å². The summed E-state index contributed by atoms with van der Waals surface area (Å²) in [5, 5.41) is 6.57. The third-order valence-corrected chi connectivity index (χ3v) is 2.66. The number of anilines is 2. The fraction of sp³-hybridized carbons (Fsp3) is 0.583. The second-order valence-corrected chi connectivity index (χ2v) is 4.10. The summed E-state index contributed by atoms with van der Waals surface area (Å²) in [6.45, 7) is 4.04. The third-order valence-electron chi connectivity index (χ3n) is 2.66. The van der Waals surface area contributed by atoms with Gasteiger partial charge in [-0.25, -0.2) is 4.98 Å². The molecule has 1 fully saturated rings. The lowest BCUT2D eigenvalue weighted by atomic mass is 10.3. The van der Waals surface area contributed by atoms with Crippen LogP contribution in [0.15, 0.2) is 18.2 Å². The van der Waals surface area contributed by atoms with Gasteiger partial charge in [0.25, 0.3) is 0 Å². The van der Waals surface area contributed by atoms with E-state index in [9.17, 15) is 0 Å². The van der Waals surface area contributed by atoms with Crippen molar-refractivity contribution in [2.24, 2.45) is 5.92 Å². The zero-order valence-corrected chi connectivity index (χ0v) is 9.29. The summed E-state index contributed by atoms with van der Waals surface area (Å²) in [4.78, 5) is 4.46. The van der Waals surface area contributed by atoms with Crippen molar-refractivity contribution >= 4 is 11.6 Å². The van der Waals surface area contributed by atoms with Crippen molar-refractivity contribution in [3.63, 3.8) is 0 Å². The molecule has 2 rings (SSSR count). The summed E-state index contributed by atoms with van der Waals surface area (Å²) >= 11 is 0. The van der Waals surface area contributed by atoms with Gasteiger partial charge in [-0.15, -0.1) is 0 Å². The number of pyridine rings is 1. The van der Waals surface area contributed by atoms with E-state index in [1.54, 1.807) is 0 Å². The minimum absolute atomic E-state index is 0.915. The second-order valence-electron chi connectivity index (χ2n) is 4.10. The predicted molar refractivity (Wildman–Crippen MR) is 64.2 cm³/mol. The molecule has 1 aliphatic rings. The molecule has 0 saturated heterocycles. The van der Waals surface area contributed by atoms with Gasteiger partial charge in [0.1, 0.15) is 11.6 Å². The van der Waals surface area contributed by atoms with Crippen LogP contribution in [0, 0.1) is 5.92 Å². The largest absolute Gasteiger partial charge is 0.370 e. The molecule has 1 aromatic heterocycles. The molecule has 1 aromatic rings. The third kappa shape index (κ3) is 3.42. The maximum absolute atomic E-state index is 4.46. The van der Waals surface area contributed by atoms with Gasteiger partial charge in [0.05, 0.1) is 0 Å².